The summed E-state index contributed by atoms with van der Waals surface area (Å²) in [4.78, 5) is 39.4. The topological polar surface area (TPSA) is 78.9 Å². The zero-order valence-electron chi connectivity index (χ0n) is 19.0. The molecule has 0 N–H and O–H groups in total. The van der Waals surface area contributed by atoms with Crippen molar-refractivity contribution in [1.29, 1.82) is 0 Å². The molecule has 0 spiro atoms. The van der Waals surface area contributed by atoms with E-state index in [0.717, 1.165) is 22.6 Å². The summed E-state index contributed by atoms with van der Waals surface area (Å²) in [5.41, 5.74) is 2.89. The van der Waals surface area contributed by atoms with Gasteiger partial charge < -0.3 is 14.5 Å². The van der Waals surface area contributed by atoms with Crippen LogP contribution in [0.3, 0.4) is 0 Å². The fourth-order valence-electron chi connectivity index (χ4n) is 3.60. The molecule has 2 amide bonds. The summed E-state index contributed by atoms with van der Waals surface area (Å²) in [6.45, 7) is 5.32. The molecule has 0 unspecified atom stereocenters. The minimum Gasteiger partial charge on any atom is -0.491 e. The highest BCUT2D eigenvalue weighted by atomic mass is 16.5. The van der Waals surface area contributed by atoms with Crippen LogP contribution in [0.1, 0.15) is 29.1 Å². The van der Waals surface area contributed by atoms with Crippen LogP contribution in [0.2, 0.25) is 0 Å². The van der Waals surface area contributed by atoms with E-state index in [9.17, 15) is 9.59 Å². The van der Waals surface area contributed by atoms with Gasteiger partial charge in [-0.05, 0) is 46.0 Å². The van der Waals surface area contributed by atoms with E-state index in [-0.39, 0.29) is 11.8 Å². The number of amides is 2. The fraction of sp³-hybridized carbons (Fsp3) is 0.478. The van der Waals surface area contributed by atoms with Gasteiger partial charge in [-0.2, -0.15) is 0 Å². The summed E-state index contributed by atoms with van der Waals surface area (Å²) < 4.78 is 5.90. The molecular formula is C23H31N5O3. The molecule has 2 aromatic rings. The molecule has 0 atom stereocenters. The van der Waals surface area contributed by atoms with Crippen LogP contribution < -0.4 is 9.64 Å². The Morgan fingerprint density at radius 3 is 2.58 bits per heavy atom. The Bertz CT molecular complexity index is 960. The Morgan fingerprint density at radius 1 is 1.13 bits per heavy atom. The zero-order chi connectivity index (χ0) is 22.5. The molecule has 0 radical (unpaired) electrons. The number of para-hydroxylation sites is 1. The summed E-state index contributed by atoms with van der Waals surface area (Å²) in [5.74, 6) is 2.00. The van der Waals surface area contributed by atoms with Gasteiger partial charge in [-0.15, -0.1) is 0 Å². The van der Waals surface area contributed by atoms with Gasteiger partial charge in [0.15, 0.2) is 0 Å². The lowest BCUT2D eigenvalue weighted by atomic mass is 10.0. The molecule has 0 fully saturated rings. The molecule has 0 aliphatic carbocycles. The van der Waals surface area contributed by atoms with Crippen molar-refractivity contribution in [2.24, 2.45) is 0 Å². The van der Waals surface area contributed by atoms with Gasteiger partial charge in [0.25, 0.3) is 0 Å². The van der Waals surface area contributed by atoms with Crippen LogP contribution in [-0.2, 0) is 22.6 Å². The lowest BCUT2D eigenvalue weighted by Crippen LogP contribution is -2.40. The van der Waals surface area contributed by atoms with Gasteiger partial charge in [-0.25, -0.2) is 9.97 Å². The number of hydrogen-bond donors (Lipinski definition) is 0. The Kier molecular flexibility index (Phi) is 7.22. The molecule has 0 saturated carbocycles. The average Bonchev–Trinajstić information content (AvgIpc) is 2.70. The molecule has 8 nitrogen and oxygen atoms in total. The Morgan fingerprint density at radius 2 is 1.87 bits per heavy atom. The van der Waals surface area contributed by atoms with E-state index in [1.807, 2.05) is 57.1 Å². The second-order valence-electron chi connectivity index (χ2n) is 8.17. The third-order valence-electron chi connectivity index (χ3n) is 5.31. The summed E-state index contributed by atoms with van der Waals surface area (Å²) in [7, 11) is 5.45. The molecule has 166 valence electrons. The Balaban J connectivity index is 1.76. The maximum Gasteiger partial charge on any atom is 0.236 e. The standard InChI is InChI=1S/C23H31N5O3/c1-16-8-6-7-9-19(16)31-13-12-28-21(29)11-10-18-17(2)24-20(25-23(18)28)14-27(5)22(30)15-26(3)4/h6-9H,10-15H2,1-5H3. The molecule has 8 heteroatoms. The molecular weight excluding hydrogens is 394 g/mol. The average molecular weight is 426 g/mol. The highest BCUT2D eigenvalue weighted by molar-refractivity contribution is 5.95. The van der Waals surface area contributed by atoms with Gasteiger partial charge in [-0.3, -0.25) is 14.5 Å². The van der Waals surface area contributed by atoms with Gasteiger partial charge in [0.2, 0.25) is 11.8 Å². The van der Waals surface area contributed by atoms with Crippen molar-refractivity contribution in [3.05, 3.63) is 46.9 Å². The minimum absolute atomic E-state index is 0.0106. The SMILES string of the molecule is Cc1ccccc1OCCN1C(=O)CCc2c(C)nc(CN(C)C(=O)CN(C)C)nc21. The number of carbonyl (C=O) groups excluding carboxylic acids is 2. The lowest BCUT2D eigenvalue weighted by molar-refractivity contribution is -0.131. The molecule has 31 heavy (non-hydrogen) atoms. The highest BCUT2D eigenvalue weighted by Crippen LogP contribution is 2.28. The number of ether oxygens (including phenoxy) is 1. The van der Waals surface area contributed by atoms with Crippen LogP contribution in [0.25, 0.3) is 0 Å². The van der Waals surface area contributed by atoms with Gasteiger partial charge >= 0.3 is 0 Å². The molecule has 3 rings (SSSR count). The molecule has 1 aromatic carbocycles. The van der Waals surface area contributed by atoms with E-state index in [1.54, 1.807) is 16.8 Å². The molecule has 1 aliphatic heterocycles. The van der Waals surface area contributed by atoms with Crippen LogP contribution in [0, 0.1) is 13.8 Å². The number of likely N-dealkylation sites (N-methyl/N-ethyl adjacent to an activating group) is 2. The summed E-state index contributed by atoms with van der Waals surface area (Å²) >= 11 is 0. The van der Waals surface area contributed by atoms with Crippen LogP contribution in [-0.4, -0.2) is 72.4 Å². The second kappa shape index (κ2) is 9.87. The quantitative estimate of drug-likeness (QED) is 0.644. The van der Waals surface area contributed by atoms with Crippen LogP contribution in [0.5, 0.6) is 5.75 Å². The molecule has 0 bridgehead atoms. The van der Waals surface area contributed by atoms with E-state index >= 15 is 0 Å². The van der Waals surface area contributed by atoms with E-state index in [4.69, 9.17) is 4.74 Å². The van der Waals surface area contributed by atoms with Crippen LogP contribution in [0.15, 0.2) is 24.3 Å². The first-order valence-corrected chi connectivity index (χ1v) is 10.5. The van der Waals surface area contributed by atoms with Gasteiger partial charge in [0.1, 0.15) is 24.0 Å². The fourth-order valence-corrected chi connectivity index (χ4v) is 3.60. The first-order chi connectivity index (χ1) is 14.8. The first kappa shape index (κ1) is 22.7. The first-order valence-electron chi connectivity index (χ1n) is 10.5. The number of hydrogen-bond acceptors (Lipinski definition) is 6. The molecule has 1 aromatic heterocycles. The third-order valence-corrected chi connectivity index (χ3v) is 5.31. The van der Waals surface area contributed by atoms with Crippen LogP contribution in [0.4, 0.5) is 5.82 Å². The number of rotatable bonds is 8. The molecule has 0 saturated heterocycles. The number of benzene rings is 1. The number of anilines is 1. The maximum atomic E-state index is 12.7. The van der Waals surface area contributed by atoms with Crippen molar-refractivity contribution in [2.75, 3.05) is 45.7 Å². The second-order valence-corrected chi connectivity index (χ2v) is 8.17. The van der Waals surface area contributed by atoms with E-state index in [1.165, 1.54) is 0 Å². The number of aryl methyl sites for hydroxylation is 2. The van der Waals surface area contributed by atoms with Crippen molar-refractivity contribution < 1.29 is 14.3 Å². The van der Waals surface area contributed by atoms with Crippen molar-refractivity contribution in [3.63, 3.8) is 0 Å². The number of nitrogens with zero attached hydrogens (tertiary/aromatic N) is 5. The normalized spacial score (nSPS) is 13.4. The predicted molar refractivity (Wildman–Crippen MR) is 119 cm³/mol. The molecule has 1 aliphatic rings. The van der Waals surface area contributed by atoms with Gasteiger partial charge in [0, 0.05) is 24.7 Å². The number of fused-ring (bicyclic) bond motifs is 1. The Labute approximate surface area is 183 Å². The van der Waals surface area contributed by atoms with Gasteiger partial charge in [-0.1, -0.05) is 18.2 Å². The highest BCUT2D eigenvalue weighted by Gasteiger charge is 2.28. The van der Waals surface area contributed by atoms with E-state index in [0.29, 0.717) is 50.7 Å². The monoisotopic (exact) mass is 425 g/mol. The van der Waals surface area contributed by atoms with E-state index in [2.05, 4.69) is 9.97 Å². The largest absolute Gasteiger partial charge is 0.491 e. The summed E-state index contributed by atoms with van der Waals surface area (Å²) in [6, 6.07) is 7.81. The third kappa shape index (κ3) is 5.58. The van der Waals surface area contributed by atoms with Gasteiger partial charge in [0.05, 0.1) is 19.6 Å². The number of aromatic nitrogens is 2. The summed E-state index contributed by atoms with van der Waals surface area (Å²) in [6.07, 6.45) is 1.06. The predicted octanol–water partition coefficient (Wildman–Crippen LogP) is 1.97. The molecule has 2 heterocycles. The van der Waals surface area contributed by atoms with Crippen molar-refractivity contribution in [2.45, 2.75) is 33.2 Å². The lowest BCUT2D eigenvalue weighted by Gasteiger charge is -2.30. The summed E-state index contributed by atoms with van der Waals surface area (Å²) in [5, 5.41) is 0. The number of carbonyl (C=O) groups is 2. The maximum absolute atomic E-state index is 12.7. The van der Waals surface area contributed by atoms with Crippen molar-refractivity contribution in [3.8, 4) is 5.75 Å². The van der Waals surface area contributed by atoms with Crippen molar-refractivity contribution in [1.82, 2.24) is 19.8 Å². The van der Waals surface area contributed by atoms with Crippen LogP contribution >= 0.6 is 0 Å². The van der Waals surface area contributed by atoms with Crippen molar-refractivity contribution >= 4 is 17.6 Å². The smallest absolute Gasteiger partial charge is 0.236 e. The Hall–Kier alpha value is -3.00. The zero-order valence-corrected chi connectivity index (χ0v) is 19.0. The van der Waals surface area contributed by atoms with E-state index < -0.39 is 0 Å². The minimum atomic E-state index is -0.0106.